The van der Waals surface area contributed by atoms with Crippen molar-refractivity contribution >= 4 is 5.69 Å². The number of phenolic OH excluding ortho intramolecular Hbond substituents is 1. The molecule has 1 unspecified atom stereocenters. The van der Waals surface area contributed by atoms with E-state index in [4.69, 9.17) is 0 Å². The Morgan fingerprint density at radius 1 is 1.35 bits per heavy atom. The van der Waals surface area contributed by atoms with E-state index in [0.717, 1.165) is 29.7 Å². The Balaban J connectivity index is 1.91. The normalized spacial score (nSPS) is 17.9. The lowest BCUT2D eigenvalue weighted by Crippen LogP contribution is -2.18. The van der Waals surface area contributed by atoms with E-state index in [1.54, 1.807) is 0 Å². The molecular weight excluding hydrogens is 250 g/mol. The lowest BCUT2D eigenvalue weighted by molar-refractivity contribution is 0.467. The van der Waals surface area contributed by atoms with E-state index in [0.29, 0.717) is 5.75 Å². The number of aromatic nitrogens is 2. The summed E-state index contributed by atoms with van der Waals surface area (Å²) in [5.74, 6) is 0.386. The molecule has 0 aliphatic heterocycles. The van der Waals surface area contributed by atoms with Crippen LogP contribution in [0.2, 0.25) is 0 Å². The molecule has 0 bridgehead atoms. The zero-order valence-corrected chi connectivity index (χ0v) is 12.3. The van der Waals surface area contributed by atoms with Gasteiger partial charge in [0.2, 0.25) is 0 Å². The molecule has 1 aromatic heterocycles. The highest BCUT2D eigenvalue weighted by Gasteiger charge is 2.23. The fraction of sp³-hybridized carbons (Fsp3) is 0.438. The van der Waals surface area contributed by atoms with Crippen molar-refractivity contribution in [1.82, 2.24) is 9.78 Å². The molecule has 106 valence electrons. The van der Waals surface area contributed by atoms with Crippen LogP contribution in [0.3, 0.4) is 0 Å². The number of aryl methyl sites for hydroxylation is 2. The Hall–Kier alpha value is -1.97. The topological polar surface area (TPSA) is 50.1 Å². The van der Waals surface area contributed by atoms with Crippen LogP contribution in [-0.4, -0.2) is 14.9 Å². The first-order chi connectivity index (χ1) is 9.58. The molecule has 0 amide bonds. The van der Waals surface area contributed by atoms with Gasteiger partial charge in [-0.3, -0.25) is 4.68 Å². The highest BCUT2D eigenvalue weighted by Crippen LogP contribution is 2.35. The van der Waals surface area contributed by atoms with E-state index in [1.165, 1.54) is 17.7 Å². The third-order valence-electron chi connectivity index (χ3n) is 4.34. The summed E-state index contributed by atoms with van der Waals surface area (Å²) >= 11 is 0. The van der Waals surface area contributed by atoms with Crippen LogP contribution in [-0.2, 0) is 13.5 Å². The highest BCUT2D eigenvalue weighted by atomic mass is 16.3. The molecule has 0 fully saturated rings. The van der Waals surface area contributed by atoms with Gasteiger partial charge in [-0.1, -0.05) is 6.07 Å². The molecule has 3 rings (SSSR count). The van der Waals surface area contributed by atoms with Gasteiger partial charge in [0, 0.05) is 29.6 Å². The van der Waals surface area contributed by atoms with Gasteiger partial charge in [-0.15, -0.1) is 0 Å². The Kier molecular flexibility index (Phi) is 3.16. The van der Waals surface area contributed by atoms with Crippen molar-refractivity contribution in [3.8, 4) is 5.75 Å². The minimum absolute atomic E-state index is 0.285. The van der Waals surface area contributed by atoms with Gasteiger partial charge in [-0.25, -0.2) is 0 Å². The summed E-state index contributed by atoms with van der Waals surface area (Å²) in [5, 5.41) is 18.0. The molecule has 0 saturated carbocycles. The van der Waals surface area contributed by atoms with Crippen LogP contribution in [0, 0.1) is 13.8 Å². The van der Waals surface area contributed by atoms with E-state index in [-0.39, 0.29) is 6.04 Å². The zero-order chi connectivity index (χ0) is 14.3. The molecule has 0 saturated heterocycles. The second-order valence-electron chi connectivity index (χ2n) is 5.66. The summed E-state index contributed by atoms with van der Waals surface area (Å²) in [6, 6.07) is 4.29. The number of hydrogen-bond acceptors (Lipinski definition) is 3. The molecule has 0 spiro atoms. The van der Waals surface area contributed by atoms with Crippen LogP contribution in [0.5, 0.6) is 5.75 Å². The summed E-state index contributed by atoms with van der Waals surface area (Å²) in [6.45, 7) is 3.88. The first-order valence-corrected chi connectivity index (χ1v) is 7.14. The molecule has 2 N–H and O–H groups in total. The molecule has 1 atom stereocenters. The Morgan fingerprint density at radius 2 is 2.15 bits per heavy atom. The summed E-state index contributed by atoms with van der Waals surface area (Å²) in [7, 11) is 2.00. The summed E-state index contributed by atoms with van der Waals surface area (Å²) in [6.07, 6.45) is 5.34. The molecule has 1 aliphatic carbocycles. The molecule has 1 aliphatic rings. The number of anilines is 1. The van der Waals surface area contributed by atoms with Crippen molar-refractivity contribution in [2.75, 3.05) is 5.32 Å². The number of nitrogens with zero attached hydrogens (tertiary/aromatic N) is 2. The molecule has 2 aromatic rings. The van der Waals surface area contributed by atoms with Crippen LogP contribution in [0.15, 0.2) is 18.3 Å². The smallest absolute Gasteiger partial charge is 0.123 e. The van der Waals surface area contributed by atoms with E-state index < -0.39 is 0 Å². The van der Waals surface area contributed by atoms with E-state index >= 15 is 0 Å². The number of nitrogens with one attached hydrogen (secondary N) is 1. The van der Waals surface area contributed by atoms with E-state index in [9.17, 15) is 5.11 Å². The fourth-order valence-corrected chi connectivity index (χ4v) is 3.04. The second-order valence-corrected chi connectivity index (χ2v) is 5.66. The Labute approximate surface area is 119 Å². The first kappa shape index (κ1) is 13.0. The largest absolute Gasteiger partial charge is 0.507 e. The SMILES string of the molecule is Cc1ccc(NC2CCCc3c2cnn3C)c(C)c1O. The number of hydrogen-bond donors (Lipinski definition) is 2. The maximum atomic E-state index is 10.1. The predicted octanol–water partition coefficient (Wildman–Crippen LogP) is 3.23. The van der Waals surface area contributed by atoms with Crippen LogP contribution in [0.4, 0.5) is 5.69 Å². The van der Waals surface area contributed by atoms with E-state index in [1.807, 2.05) is 37.8 Å². The zero-order valence-electron chi connectivity index (χ0n) is 12.3. The lowest BCUT2D eigenvalue weighted by atomic mass is 9.92. The standard InChI is InChI=1S/C16H21N3O/c1-10-7-8-13(11(2)16(10)20)18-14-5-4-6-15-12(14)9-17-19(15)3/h7-9,14,18,20H,4-6H2,1-3H3. The van der Waals surface area contributed by atoms with Gasteiger partial charge in [-0.2, -0.15) is 5.10 Å². The van der Waals surface area contributed by atoms with Crippen LogP contribution in [0.25, 0.3) is 0 Å². The maximum absolute atomic E-state index is 10.1. The minimum Gasteiger partial charge on any atom is -0.507 e. The predicted molar refractivity (Wildman–Crippen MR) is 80.1 cm³/mol. The summed E-state index contributed by atoms with van der Waals surface area (Å²) < 4.78 is 1.97. The van der Waals surface area contributed by atoms with Crippen LogP contribution >= 0.6 is 0 Å². The van der Waals surface area contributed by atoms with Crippen LogP contribution in [0.1, 0.15) is 41.3 Å². The monoisotopic (exact) mass is 271 g/mol. The number of fused-ring (bicyclic) bond motifs is 1. The Bertz CT molecular complexity index is 645. The molecule has 1 heterocycles. The first-order valence-electron chi connectivity index (χ1n) is 7.14. The van der Waals surface area contributed by atoms with Crippen molar-refractivity contribution in [2.45, 2.75) is 39.2 Å². The minimum atomic E-state index is 0.285. The molecule has 20 heavy (non-hydrogen) atoms. The fourth-order valence-electron chi connectivity index (χ4n) is 3.04. The van der Waals surface area contributed by atoms with Gasteiger partial charge in [-0.05, 0) is 44.7 Å². The lowest BCUT2D eigenvalue weighted by Gasteiger charge is -2.26. The number of phenols is 1. The molecule has 0 radical (unpaired) electrons. The number of rotatable bonds is 2. The second kappa shape index (κ2) is 4.85. The van der Waals surface area contributed by atoms with E-state index in [2.05, 4.69) is 16.5 Å². The number of aromatic hydroxyl groups is 1. The molecular formula is C16H21N3O. The molecule has 4 nitrogen and oxygen atoms in total. The average molecular weight is 271 g/mol. The maximum Gasteiger partial charge on any atom is 0.123 e. The van der Waals surface area contributed by atoms with Crippen molar-refractivity contribution < 1.29 is 5.11 Å². The summed E-state index contributed by atoms with van der Waals surface area (Å²) in [5.41, 5.74) is 5.45. The number of benzene rings is 1. The third-order valence-corrected chi connectivity index (χ3v) is 4.34. The van der Waals surface area contributed by atoms with Gasteiger partial charge in [0.15, 0.2) is 0 Å². The molecule has 4 heteroatoms. The van der Waals surface area contributed by atoms with Gasteiger partial charge in [0.25, 0.3) is 0 Å². The molecule has 1 aromatic carbocycles. The Morgan fingerprint density at radius 3 is 2.95 bits per heavy atom. The quantitative estimate of drug-likeness (QED) is 0.881. The highest BCUT2D eigenvalue weighted by molar-refractivity contribution is 5.60. The third kappa shape index (κ3) is 2.05. The average Bonchev–Trinajstić information content (AvgIpc) is 2.82. The summed E-state index contributed by atoms with van der Waals surface area (Å²) in [4.78, 5) is 0. The van der Waals surface area contributed by atoms with Crippen molar-refractivity contribution in [2.24, 2.45) is 7.05 Å². The van der Waals surface area contributed by atoms with Gasteiger partial charge < -0.3 is 10.4 Å². The van der Waals surface area contributed by atoms with Crippen LogP contribution < -0.4 is 5.32 Å². The van der Waals surface area contributed by atoms with Crippen molar-refractivity contribution in [3.63, 3.8) is 0 Å². The van der Waals surface area contributed by atoms with Crippen molar-refractivity contribution in [1.29, 1.82) is 0 Å². The van der Waals surface area contributed by atoms with Gasteiger partial charge in [0.05, 0.1) is 12.2 Å². The van der Waals surface area contributed by atoms with Gasteiger partial charge >= 0.3 is 0 Å². The van der Waals surface area contributed by atoms with Gasteiger partial charge in [0.1, 0.15) is 5.75 Å². The van der Waals surface area contributed by atoms with Crippen molar-refractivity contribution in [3.05, 3.63) is 40.7 Å².